The standard InChI is InChI=1S/C31H31F2N3O5/c1-31(30(40)20-9-11-23(32)12-10-20)18-27(35-41-31)21-7-8-22(19-37)26(17-21)34-28(5-3-4-6-29(38)39)36(2)25-15-13-24(33)14-16-25/h7-17,19,30,40H,3-6,18H2,1-2H3,(H,38,39)/t30-,31?/m1/s1. The first-order valence-electron chi connectivity index (χ1n) is 13.2. The highest BCUT2D eigenvalue weighted by atomic mass is 19.1. The quantitative estimate of drug-likeness (QED) is 0.124. The maximum Gasteiger partial charge on any atom is 0.303 e. The van der Waals surface area contributed by atoms with E-state index in [1.165, 1.54) is 36.4 Å². The molecule has 0 radical (unpaired) electrons. The lowest BCUT2D eigenvalue weighted by atomic mass is 9.87. The Hall–Kier alpha value is -4.44. The Morgan fingerprint density at radius 2 is 1.71 bits per heavy atom. The molecule has 1 unspecified atom stereocenters. The number of hydrogen-bond donors (Lipinski definition) is 2. The molecule has 0 saturated carbocycles. The second kappa shape index (κ2) is 12.8. The Bertz CT molecular complexity index is 1460. The average molecular weight is 564 g/mol. The second-order valence-corrected chi connectivity index (χ2v) is 10.1. The molecule has 0 aliphatic carbocycles. The largest absolute Gasteiger partial charge is 0.481 e. The Balaban J connectivity index is 1.62. The number of aldehydes is 1. The highest BCUT2D eigenvalue weighted by molar-refractivity contribution is 6.04. The van der Waals surface area contributed by atoms with E-state index in [9.17, 15) is 23.5 Å². The van der Waals surface area contributed by atoms with Gasteiger partial charge < -0.3 is 20.0 Å². The third-order valence-electron chi connectivity index (χ3n) is 7.03. The molecule has 1 aliphatic rings. The summed E-state index contributed by atoms with van der Waals surface area (Å²) in [5, 5.41) is 24.2. The molecule has 0 amide bonds. The van der Waals surface area contributed by atoms with E-state index in [-0.39, 0.29) is 18.7 Å². The van der Waals surface area contributed by atoms with Crippen LogP contribution in [0.15, 0.2) is 76.9 Å². The lowest BCUT2D eigenvalue weighted by molar-refractivity contribution is -0.137. The van der Waals surface area contributed by atoms with Gasteiger partial charge in [-0.2, -0.15) is 0 Å². The van der Waals surface area contributed by atoms with Crippen LogP contribution in [0.4, 0.5) is 20.2 Å². The molecule has 3 aromatic rings. The van der Waals surface area contributed by atoms with Crippen LogP contribution in [0.2, 0.25) is 0 Å². The van der Waals surface area contributed by atoms with E-state index in [1.54, 1.807) is 49.2 Å². The van der Waals surface area contributed by atoms with Crippen LogP contribution < -0.4 is 4.90 Å². The molecule has 214 valence electrons. The Morgan fingerprint density at radius 1 is 1.07 bits per heavy atom. The Labute approximate surface area is 236 Å². The first-order chi connectivity index (χ1) is 19.6. The highest BCUT2D eigenvalue weighted by Crippen LogP contribution is 2.38. The number of halogens is 2. The number of rotatable bonds is 11. The number of hydrogen-bond acceptors (Lipinski definition) is 6. The zero-order valence-electron chi connectivity index (χ0n) is 22.8. The summed E-state index contributed by atoms with van der Waals surface area (Å²) in [6.45, 7) is 1.71. The molecule has 0 fully saturated rings. The molecule has 2 atom stereocenters. The summed E-state index contributed by atoms with van der Waals surface area (Å²) in [5.74, 6) is -1.12. The number of aliphatic carboxylic acids is 1. The number of carboxylic acids is 1. The van der Waals surface area contributed by atoms with Crippen LogP contribution in [0.25, 0.3) is 0 Å². The van der Waals surface area contributed by atoms with Gasteiger partial charge in [-0.05, 0) is 73.9 Å². The van der Waals surface area contributed by atoms with Gasteiger partial charge in [-0.15, -0.1) is 0 Å². The molecule has 8 nitrogen and oxygen atoms in total. The van der Waals surface area contributed by atoms with Crippen LogP contribution >= 0.6 is 0 Å². The van der Waals surface area contributed by atoms with Crippen molar-refractivity contribution >= 4 is 35.2 Å². The molecular weight excluding hydrogens is 532 g/mol. The van der Waals surface area contributed by atoms with Gasteiger partial charge in [0.05, 0.1) is 11.4 Å². The topological polar surface area (TPSA) is 112 Å². The van der Waals surface area contributed by atoms with E-state index in [4.69, 9.17) is 14.9 Å². The van der Waals surface area contributed by atoms with Gasteiger partial charge in [0.15, 0.2) is 11.9 Å². The summed E-state index contributed by atoms with van der Waals surface area (Å²) in [4.78, 5) is 35.1. The van der Waals surface area contributed by atoms with Crippen LogP contribution in [0, 0.1) is 11.6 Å². The number of carbonyl (C=O) groups excluding carboxylic acids is 1. The molecule has 41 heavy (non-hydrogen) atoms. The van der Waals surface area contributed by atoms with Gasteiger partial charge in [-0.3, -0.25) is 9.59 Å². The third kappa shape index (κ3) is 7.20. The predicted molar refractivity (Wildman–Crippen MR) is 152 cm³/mol. The molecule has 2 N–H and O–H groups in total. The molecule has 3 aromatic carbocycles. The first-order valence-corrected chi connectivity index (χ1v) is 13.2. The van der Waals surface area contributed by atoms with Crippen molar-refractivity contribution in [2.75, 3.05) is 11.9 Å². The monoisotopic (exact) mass is 563 g/mol. The zero-order chi connectivity index (χ0) is 29.6. The first kappa shape index (κ1) is 29.5. The number of oxime groups is 1. The maximum atomic E-state index is 13.5. The normalized spacial score (nSPS) is 17.5. The predicted octanol–water partition coefficient (Wildman–Crippen LogP) is 6.21. The van der Waals surface area contributed by atoms with E-state index in [2.05, 4.69) is 5.16 Å². The number of aliphatic hydroxyl groups excluding tert-OH is 1. The molecule has 1 heterocycles. The highest BCUT2D eigenvalue weighted by Gasteiger charge is 2.42. The summed E-state index contributed by atoms with van der Waals surface area (Å²) >= 11 is 0. The Kier molecular flexibility index (Phi) is 9.24. The van der Waals surface area contributed by atoms with E-state index in [1.807, 2.05) is 0 Å². The minimum absolute atomic E-state index is 0.0188. The van der Waals surface area contributed by atoms with Gasteiger partial charge in [-0.25, -0.2) is 13.8 Å². The Morgan fingerprint density at radius 3 is 2.34 bits per heavy atom. The number of aliphatic imine (C=N–C) groups is 1. The molecule has 0 saturated heterocycles. The lowest BCUT2D eigenvalue weighted by Crippen LogP contribution is -2.33. The van der Waals surface area contributed by atoms with Gasteiger partial charge in [0, 0.05) is 43.1 Å². The van der Waals surface area contributed by atoms with Crippen molar-refractivity contribution < 1.29 is 33.4 Å². The maximum absolute atomic E-state index is 13.5. The van der Waals surface area contributed by atoms with Crippen LogP contribution in [0.3, 0.4) is 0 Å². The van der Waals surface area contributed by atoms with E-state index in [0.717, 1.165) is 0 Å². The minimum atomic E-state index is -1.10. The van der Waals surface area contributed by atoms with Gasteiger partial charge in [0.2, 0.25) is 0 Å². The number of benzene rings is 3. The number of nitrogens with zero attached hydrogens (tertiary/aromatic N) is 3. The number of carboxylic acid groups (broad SMARTS) is 1. The van der Waals surface area contributed by atoms with Crippen molar-refractivity contribution in [1.29, 1.82) is 0 Å². The van der Waals surface area contributed by atoms with E-state index in [0.29, 0.717) is 65.2 Å². The van der Waals surface area contributed by atoms with Gasteiger partial charge in [-0.1, -0.05) is 23.4 Å². The van der Waals surface area contributed by atoms with Crippen molar-refractivity contribution in [3.8, 4) is 0 Å². The van der Waals surface area contributed by atoms with Crippen LogP contribution in [-0.2, 0) is 9.63 Å². The van der Waals surface area contributed by atoms with E-state index < -0.39 is 23.5 Å². The number of anilines is 1. The summed E-state index contributed by atoms with van der Waals surface area (Å²) in [5.41, 5.74) is 1.94. The van der Waals surface area contributed by atoms with Gasteiger partial charge in [0.1, 0.15) is 23.6 Å². The van der Waals surface area contributed by atoms with Gasteiger partial charge in [0.25, 0.3) is 0 Å². The molecular formula is C31H31F2N3O5. The fraction of sp³-hybridized carbons (Fsp3) is 0.290. The summed E-state index contributed by atoms with van der Waals surface area (Å²) in [7, 11) is 1.77. The molecule has 4 rings (SSSR count). The fourth-order valence-corrected chi connectivity index (χ4v) is 4.59. The van der Waals surface area contributed by atoms with E-state index >= 15 is 0 Å². The third-order valence-corrected chi connectivity index (χ3v) is 7.03. The molecule has 10 heteroatoms. The smallest absolute Gasteiger partial charge is 0.303 e. The summed E-state index contributed by atoms with van der Waals surface area (Å²) in [6.07, 6.45) is 1.27. The molecule has 0 spiro atoms. The van der Waals surface area contributed by atoms with Crippen LogP contribution in [-0.4, -0.2) is 46.7 Å². The zero-order valence-corrected chi connectivity index (χ0v) is 22.8. The molecule has 0 aromatic heterocycles. The van der Waals surface area contributed by atoms with Crippen LogP contribution in [0.5, 0.6) is 0 Å². The number of aliphatic hydroxyl groups is 1. The van der Waals surface area contributed by atoms with Crippen molar-refractivity contribution in [1.82, 2.24) is 0 Å². The SMILES string of the molecule is CN(C(CCCCC(=O)O)=Nc1cc(C2=NOC(C)([C@H](O)c3ccc(F)cc3)C2)ccc1C=O)c1ccc(F)cc1. The average Bonchev–Trinajstić information content (AvgIpc) is 3.37. The second-order valence-electron chi connectivity index (χ2n) is 10.1. The van der Waals surface area contributed by atoms with Crippen molar-refractivity contribution in [3.63, 3.8) is 0 Å². The van der Waals surface area contributed by atoms with Crippen molar-refractivity contribution in [2.45, 2.75) is 50.7 Å². The number of unbranched alkanes of at least 4 members (excludes halogenated alkanes) is 1. The van der Waals surface area contributed by atoms with Crippen LogP contribution in [0.1, 0.15) is 66.6 Å². The lowest BCUT2D eigenvalue weighted by Gasteiger charge is -2.27. The molecule has 1 aliphatic heterocycles. The van der Waals surface area contributed by atoms with Gasteiger partial charge >= 0.3 is 5.97 Å². The number of carbonyl (C=O) groups is 2. The minimum Gasteiger partial charge on any atom is -0.481 e. The fourth-order valence-electron chi connectivity index (χ4n) is 4.59. The van der Waals surface area contributed by atoms with Crippen molar-refractivity contribution in [3.05, 3.63) is 95.1 Å². The number of amidine groups is 1. The molecule has 0 bridgehead atoms. The van der Waals surface area contributed by atoms with Crippen molar-refractivity contribution in [2.24, 2.45) is 10.1 Å². The summed E-state index contributed by atoms with van der Waals surface area (Å²) in [6, 6.07) is 16.5. The summed E-state index contributed by atoms with van der Waals surface area (Å²) < 4.78 is 26.9.